The van der Waals surface area contributed by atoms with Crippen molar-refractivity contribution in [3.05, 3.63) is 188 Å². The van der Waals surface area contributed by atoms with Crippen LogP contribution in [-0.4, -0.2) is 29.5 Å². The molecule has 1 aliphatic rings. The van der Waals surface area contributed by atoms with Crippen LogP contribution in [0.5, 0.6) is 0 Å². The van der Waals surface area contributed by atoms with E-state index in [9.17, 15) is 0 Å². The van der Waals surface area contributed by atoms with E-state index in [2.05, 4.69) is 132 Å². The Morgan fingerprint density at radius 2 is 1.19 bits per heavy atom. The second-order valence-electron chi connectivity index (χ2n) is 15.9. The Labute approximate surface area is 365 Å². The molecular formula is C55H34N6OS. The van der Waals surface area contributed by atoms with Crippen LogP contribution in [0.25, 0.3) is 121 Å². The maximum Gasteiger partial charge on any atom is 0.164 e. The van der Waals surface area contributed by atoms with Gasteiger partial charge in [-0.2, -0.15) is 0 Å². The van der Waals surface area contributed by atoms with Gasteiger partial charge in [-0.05, 0) is 66.9 Å². The summed E-state index contributed by atoms with van der Waals surface area (Å²) in [5.74, 6) is 2.42. The molecule has 0 unspecified atom stereocenters. The zero-order chi connectivity index (χ0) is 41.4. The standard InChI is InChI=1S/C55H34N6OS/c1-4-15-33(16-5-1)49-51-50(41-22-11-13-26-47(41)63-51)57-55(56-49)42-23-14-25-45-48(42)40-30-28-36(32-46(40)62-45)54-59-52(34-17-6-2-7-18-34)58-53(60-54)35-27-29-39-38-21-10-12-24-43(38)61(44(39)31-35)37-19-8-3-9-20-37/h2-4,6-32H,1,5H2. The molecule has 8 heteroatoms. The van der Waals surface area contributed by atoms with Crippen LogP contribution < -0.4 is 0 Å². The normalized spacial score (nSPS) is 13.0. The largest absolute Gasteiger partial charge is 0.456 e. The first-order valence-corrected chi connectivity index (χ1v) is 22.0. The van der Waals surface area contributed by atoms with Gasteiger partial charge in [-0.3, -0.25) is 0 Å². The Morgan fingerprint density at radius 1 is 0.492 bits per heavy atom. The number of hydrogen-bond donors (Lipinski definition) is 0. The van der Waals surface area contributed by atoms with Crippen LogP contribution in [0.3, 0.4) is 0 Å². The van der Waals surface area contributed by atoms with Gasteiger partial charge in [0.05, 0.1) is 26.9 Å². The fourth-order valence-corrected chi connectivity index (χ4v) is 10.3. The number of allylic oxidation sites excluding steroid dienone is 4. The van der Waals surface area contributed by atoms with E-state index in [1.807, 2.05) is 54.6 Å². The zero-order valence-corrected chi connectivity index (χ0v) is 34.6. The third-order valence-corrected chi connectivity index (χ3v) is 13.3. The molecule has 13 rings (SSSR count). The first-order valence-electron chi connectivity index (χ1n) is 21.1. The molecule has 63 heavy (non-hydrogen) atoms. The van der Waals surface area contributed by atoms with Gasteiger partial charge in [0.1, 0.15) is 11.2 Å². The highest BCUT2D eigenvalue weighted by molar-refractivity contribution is 7.26. The second-order valence-corrected chi connectivity index (χ2v) is 16.9. The number of hydrogen-bond acceptors (Lipinski definition) is 7. The zero-order valence-electron chi connectivity index (χ0n) is 33.7. The minimum atomic E-state index is 0.557. The van der Waals surface area contributed by atoms with Crippen LogP contribution in [0.1, 0.15) is 18.5 Å². The molecule has 7 aromatic carbocycles. The smallest absolute Gasteiger partial charge is 0.164 e. The molecule has 0 fully saturated rings. The first kappa shape index (κ1) is 35.7. The van der Waals surface area contributed by atoms with Gasteiger partial charge in [-0.25, -0.2) is 24.9 Å². The molecule has 0 saturated heterocycles. The fourth-order valence-electron chi connectivity index (χ4n) is 9.16. The van der Waals surface area contributed by atoms with Gasteiger partial charge >= 0.3 is 0 Å². The van der Waals surface area contributed by atoms with Gasteiger partial charge in [0.25, 0.3) is 0 Å². The third-order valence-electron chi connectivity index (χ3n) is 12.1. The number of aromatic nitrogens is 6. The van der Waals surface area contributed by atoms with Crippen molar-refractivity contribution in [1.29, 1.82) is 0 Å². The Hall–Kier alpha value is -8.07. The van der Waals surface area contributed by atoms with Gasteiger partial charge < -0.3 is 8.98 Å². The molecule has 12 aromatic rings. The van der Waals surface area contributed by atoms with Crippen molar-refractivity contribution in [1.82, 2.24) is 29.5 Å². The summed E-state index contributed by atoms with van der Waals surface area (Å²) in [6.07, 6.45) is 8.76. The monoisotopic (exact) mass is 826 g/mol. The lowest BCUT2D eigenvalue weighted by Gasteiger charge is -2.11. The molecule has 0 bridgehead atoms. The van der Waals surface area contributed by atoms with Gasteiger partial charge in [0, 0.05) is 59.6 Å². The number of nitrogens with zero attached hydrogens (tertiary/aromatic N) is 6. The van der Waals surface area contributed by atoms with Gasteiger partial charge in [-0.1, -0.05) is 133 Å². The highest BCUT2D eigenvalue weighted by Gasteiger charge is 2.22. The molecule has 0 N–H and O–H groups in total. The van der Waals surface area contributed by atoms with E-state index < -0.39 is 0 Å². The number of fused-ring (bicyclic) bond motifs is 9. The number of thiophene rings is 1. The Balaban J connectivity index is 0.975. The van der Waals surface area contributed by atoms with Crippen molar-refractivity contribution in [2.45, 2.75) is 12.8 Å². The number of benzene rings is 7. The predicted octanol–water partition coefficient (Wildman–Crippen LogP) is 14.4. The summed E-state index contributed by atoms with van der Waals surface area (Å²) >= 11 is 1.76. The minimum Gasteiger partial charge on any atom is -0.456 e. The Kier molecular flexibility index (Phi) is 8.07. The Morgan fingerprint density at radius 3 is 2.00 bits per heavy atom. The summed E-state index contributed by atoms with van der Waals surface area (Å²) in [5.41, 5.74) is 11.4. The summed E-state index contributed by atoms with van der Waals surface area (Å²) in [6.45, 7) is 0. The lowest BCUT2D eigenvalue weighted by molar-refractivity contribution is 0.669. The topological polar surface area (TPSA) is 82.5 Å². The van der Waals surface area contributed by atoms with E-state index in [-0.39, 0.29) is 0 Å². The summed E-state index contributed by atoms with van der Waals surface area (Å²) in [6, 6.07) is 56.5. The molecular weight excluding hydrogens is 793 g/mol. The average Bonchev–Trinajstić information content (AvgIpc) is 4.03. The fraction of sp³-hybridized carbons (Fsp3) is 0.0364. The summed E-state index contributed by atoms with van der Waals surface area (Å²) in [5, 5.41) is 5.44. The summed E-state index contributed by atoms with van der Waals surface area (Å²) < 4.78 is 11.3. The Bertz CT molecular complexity index is 3860. The summed E-state index contributed by atoms with van der Waals surface area (Å²) in [7, 11) is 0. The van der Waals surface area contributed by atoms with Crippen LogP contribution in [0.2, 0.25) is 0 Å². The quantitative estimate of drug-likeness (QED) is 0.166. The van der Waals surface area contributed by atoms with Gasteiger partial charge in [0.15, 0.2) is 23.3 Å². The SMILES string of the molecule is C1=CC(c2nc(-c3cccc4oc5cc(-c6nc(-c7ccccc7)nc(-c7ccc8c9ccccc9n(-c9ccccc9)c8c7)n6)ccc5c34)nc3c2sc2ccccc23)=CCC1. The van der Waals surface area contributed by atoms with Crippen molar-refractivity contribution in [2.24, 2.45) is 0 Å². The lowest BCUT2D eigenvalue weighted by Crippen LogP contribution is -2.00. The van der Waals surface area contributed by atoms with Crippen molar-refractivity contribution >= 4 is 81.0 Å². The predicted molar refractivity (Wildman–Crippen MR) is 258 cm³/mol. The van der Waals surface area contributed by atoms with Crippen molar-refractivity contribution in [3.8, 4) is 51.2 Å². The van der Waals surface area contributed by atoms with Crippen LogP contribution in [-0.2, 0) is 0 Å². The van der Waals surface area contributed by atoms with E-state index >= 15 is 0 Å². The molecule has 0 saturated carbocycles. The first-order chi connectivity index (χ1) is 31.2. The van der Waals surface area contributed by atoms with E-state index in [1.54, 1.807) is 11.3 Å². The van der Waals surface area contributed by atoms with E-state index in [4.69, 9.17) is 29.3 Å². The molecule has 7 nitrogen and oxygen atoms in total. The average molecular weight is 827 g/mol. The number of rotatable bonds is 6. The maximum atomic E-state index is 6.68. The molecule has 1 aliphatic carbocycles. The van der Waals surface area contributed by atoms with Crippen molar-refractivity contribution < 1.29 is 4.42 Å². The van der Waals surface area contributed by atoms with E-state index in [0.717, 1.165) is 101 Å². The number of furan rings is 1. The van der Waals surface area contributed by atoms with Crippen LogP contribution >= 0.6 is 11.3 Å². The third kappa shape index (κ3) is 5.83. The van der Waals surface area contributed by atoms with E-state index in [1.165, 1.54) is 15.5 Å². The molecule has 0 atom stereocenters. The minimum absolute atomic E-state index is 0.557. The van der Waals surface area contributed by atoms with Crippen LogP contribution in [0.15, 0.2) is 186 Å². The number of para-hydroxylation sites is 2. The molecule has 0 aliphatic heterocycles. The highest BCUT2D eigenvalue weighted by Crippen LogP contribution is 2.42. The molecule has 296 valence electrons. The molecule has 0 amide bonds. The second kappa shape index (κ2) is 14.3. The van der Waals surface area contributed by atoms with Crippen molar-refractivity contribution in [3.63, 3.8) is 0 Å². The van der Waals surface area contributed by atoms with Gasteiger partial charge in [-0.15, -0.1) is 11.3 Å². The van der Waals surface area contributed by atoms with Crippen molar-refractivity contribution in [2.75, 3.05) is 0 Å². The lowest BCUT2D eigenvalue weighted by atomic mass is 10.0. The summed E-state index contributed by atoms with van der Waals surface area (Å²) in [4.78, 5) is 26.0. The molecule has 0 spiro atoms. The van der Waals surface area contributed by atoms with Crippen LogP contribution in [0, 0.1) is 0 Å². The van der Waals surface area contributed by atoms with E-state index in [0.29, 0.717) is 23.3 Å². The molecule has 0 radical (unpaired) electrons. The van der Waals surface area contributed by atoms with Gasteiger partial charge in [0.2, 0.25) is 0 Å². The highest BCUT2D eigenvalue weighted by atomic mass is 32.1. The molecule has 5 heterocycles. The molecule has 5 aromatic heterocycles. The van der Waals surface area contributed by atoms with Crippen LogP contribution in [0.4, 0.5) is 0 Å². The maximum absolute atomic E-state index is 6.68.